The fraction of sp³-hybridized carbons (Fsp3) is 0.588. The molecule has 120 valence electrons. The van der Waals surface area contributed by atoms with Gasteiger partial charge in [-0.15, -0.1) is 0 Å². The molecule has 1 unspecified atom stereocenters. The summed E-state index contributed by atoms with van der Waals surface area (Å²) < 4.78 is 13.7. The number of aliphatic hydroxyl groups is 1. The van der Waals surface area contributed by atoms with Crippen molar-refractivity contribution in [3.05, 3.63) is 35.1 Å². The van der Waals surface area contributed by atoms with Crippen LogP contribution in [0.2, 0.25) is 0 Å². The first-order valence-corrected chi connectivity index (χ1v) is 8.12. The molecule has 0 bridgehead atoms. The van der Waals surface area contributed by atoms with Crippen molar-refractivity contribution in [2.75, 3.05) is 6.61 Å². The summed E-state index contributed by atoms with van der Waals surface area (Å²) in [6.45, 7) is 0.239. The van der Waals surface area contributed by atoms with Crippen molar-refractivity contribution in [3.63, 3.8) is 0 Å². The zero-order chi connectivity index (χ0) is 15.5. The Hall–Kier alpha value is -1.62. The number of hydrogen-bond donors (Lipinski definition) is 3. The van der Waals surface area contributed by atoms with Gasteiger partial charge in [0, 0.05) is 12.6 Å². The second-order valence-corrected chi connectivity index (χ2v) is 6.42. The van der Waals surface area contributed by atoms with Gasteiger partial charge in [0.1, 0.15) is 5.82 Å². The molecule has 0 spiro atoms. The summed E-state index contributed by atoms with van der Waals surface area (Å²) in [5.41, 5.74) is 1.63. The van der Waals surface area contributed by atoms with Crippen LogP contribution in [0.5, 0.6) is 0 Å². The van der Waals surface area contributed by atoms with Gasteiger partial charge in [-0.1, -0.05) is 12.1 Å². The number of carbonyl (C=O) groups excluding carboxylic acids is 1. The Morgan fingerprint density at radius 1 is 1.18 bits per heavy atom. The molecule has 1 aromatic carbocycles. The second kappa shape index (κ2) is 6.65. The third-order valence-corrected chi connectivity index (χ3v) is 4.96. The van der Waals surface area contributed by atoms with Crippen molar-refractivity contribution in [2.24, 2.45) is 5.92 Å². The number of fused-ring (bicyclic) bond motifs is 1. The zero-order valence-corrected chi connectivity index (χ0v) is 12.6. The number of rotatable bonds is 3. The first kappa shape index (κ1) is 15.3. The number of aliphatic hydroxyl groups excluding tert-OH is 1. The lowest BCUT2D eigenvalue weighted by molar-refractivity contribution is 0.174. The maximum absolute atomic E-state index is 13.7. The Kier molecular flexibility index (Phi) is 4.62. The Labute approximate surface area is 130 Å². The predicted molar refractivity (Wildman–Crippen MR) is 82.0 cm³/mol. The highest BCUT2D eigenvalue weighted by molar-refractivity contribution is 5.75. The zero-order valence-electron chi connectivity index (χ0n) is 12.6. The molecule has 3 N–H and O–H groups in total. The number of amides is 2. The highest BCUT2D eigenvalue weighted by atomic mass is 19.1. The Morgan fingerprint density at radius 2 is 1.95 bits per heavy atom. The third kappa shape index (κ3) is 3.24. The molecule has 1 fully saturated rings. The minimum Gasteiger partial charge on any atom is -0.396 e. The maximum Gasteiger partial charge on any atom is 0.315 e. The molecule has 0 saturated heterocycles. The molecule has 0 heterocycles. The summed E-state index contributed by atoms with van der Waals surface area (Å²) in [4.78, 5) is 12.1. The van der Waals surface area contributed by atoms with Gasteiger partial charge in [0.25, 0.3) is 0 Å². The molecule has 4 nitrogen and oxygen atoms in total. The van der Waals surface area contributed by atoms with Gasteiger partial charge in [0.2, 0.25) is 0 Å². The van der Waals surface area contributed by atoms with Gasteiger partial charge in [-0.2, -0.15) is 0 Å². The van der Waals surface area contributed by atoms with Crippen LogP contribution in [0, 0.1) is 11.7 Å². The minimum absolute atomic E-state index is 0.0977. The lowest BCUT2D eigenvalue weighted by atomic mass is 9.87. The fourth-order valence-corrected chi connectivity index (χ4v) is 3.63. The van der Waals surface area contributed by atoms with E-state index in [4.69, 9.17) is 5.11 Å². The van der Waals surface area contributed by atoms with E-state index in [2.05, 4.69) is 10.6 Å². The molecule has 1 atom stereocenters. The molecule has 3 rings (SSSR count). The van der Waals surface area contributed by atoms with E-state index in [0.29, 0.717) is 12.3 Å². The molecule has 0 radical (unpaired) electrons. The molecule has 0 aromatic heterocycles. The third-order valence-electron chi connectivity index (χ3n) is 4.96. The summed E-state index contributed by atoms with van der Waals surface area (Å²) in [5, 5.41) is 15.1. The van der Waals surface area contributed by atoms with Crippen molar-refractivity contribution in [1.82, 2.24) is 10.6 Å². The molecular formula is C17H23FN2O2. The number of nitrogens with one attached hydrogen (secondary N) is 2. The molecule has 0 aliphatic heterocycles. The molecule has 22 heavy (non-hydrogen) atoms. The van der Waals surface area contributed by atoms with Crippen LogP contribution in [0.3, 0.4) is 0 Å². The first-order chi connectivity index (χ1) is 10.7. The van der Waals surface area contributed by atoms with E-state index < -0.39 is 0 Å². The van der Waals surface area contributed by atoms with Crippen LogP contribution in [-0.2, 0) is 6.42 Å². The number of halogens is 1. The fourth-order valence-electron chi connectivity index (χ4n) is 3.63. The van der Waals surface area contributed by atoms with E-state index in [1.807, 2.05) is 6.07 Å². The number of benzene rings is 1. The summed E-state index contributed by atoms with van der Waals surface area (Å²) in [6.07, 6.45) is 5.16. The predicted octanol–water partition coefficient (Wildman–Crippen LogP) is 2.66. The van der Waals surface area contributed by atoms with Gasteiger partial charge >= 0.3 is 6.03 Å². The number of urea groups is 1. The number of carbonyl (C=O) groups is 1. The molecule has 2 aliphatic rings. The summed E-state index contributed by atoms with van der Waals surface area (Å²) >= 11 is 0. The monoisotopic (exact) mass is 306 g/mol. The van der Waals surface area contributed by atoms with Crippen LogP contribution in [-0.4, -0.2) is 23.8 Å². The highest BCUT2D eigenvalue weighted by Crippen LogP contribution is 2.32. The average molecular weight is 306 g/mol. The molecule has 1 saturated carbocycles. The van der Waals surface area contributed by atoms with Gasteiger partial charge < -0.3 is 15.7 Å². The van der Waals surface area contributed by atoms with E-state index in [-0.39, 0.29) is 30.5 Å². The Balaban J connectivity index is 1.53. The lowest BCUT2D eigenvalue weighted by Gasteiger charge is -2.28. The molecule has 5 heteroatoms. The Bertz CT molecular complexity index is 541. The quantitative estimate of drug-likeness (QED) is 0.804. The average Bonchev–Trinajstić information content (AvgIpc) is 2.92. The van der Waals surface area contributed by atoms with Crippen LogP contribution < -0.4 is 10.6 Å². The molecule has 2 aliphatic carbocycles. The van der Waals surface area contributed by atoms with Crippen molar-refractivity contribution in [2.45, 2.75) is 50.6 Å². The van der Waals surface area contributed by atoms with Gasteiger partial charge in [0.15, 0.2) is 0 Å². The van der Waals surface area contributed by atoms with Crippen LogP contribution >= 0.6 is 0 Å². The van der Waals surface area contributed by atoms with Crippen molar-refractivity contribution >= 4 is 6.03 Å². The van der Waals surface area contributed by atoms with E-state index in [0.717, 1.165) is 43.2 Å². The van der Waals surface area contributed by atoms with Crippen molar-refractivity contribution in [3.8, 4) is 0 Å². The van der Waals surface area contributed by atoms with Gasteiger partial charge in [0.05, 0.1) is 6.04 Å². The van der Waals surface area contributed by atoms with Crippen LogP contribution in [0.15, 0.2) is 18.2 Å². The van der Waals surface area contributed by atoms with E-state index in [1.54, 1.807) is 6.07 Å². The number of hydrogen-bond acceptors (Lipinski definition) is 2. The topological polar surface area (TPSA) is 61.4 Å². The minimum atomic E-state index is -0.176. The van der Waals surface area contributed by atoms with E-state index in [1.165, 1.54) is 6.07 Å². The van der Waals surface area contributed by atoms with Gasteiger partial charge in [-0.25, -0.2) is 9.18 Å². The smallest absolute Gasteiger partial charge is 0.315 e. The molecule has 1 aromatic rings. The van der Waals surface area contributed by atoms with Crippen LogP contribution in [0.1, 0.15) is 49.3 Å². The first-order valence-electron chi connectivity index (χ1n) is 8.12. The second-order valence-electron chi connectivity index (χ2n) is 6.42. The Morgan fingerprint density at radius 3 is 2.68 bits per heavy atom. The van der Waals surface area contributed by atoms with Crippen LogP contribution in [0.25, 0.3) is 0 Å². The summed E-state index contributed by atoms with van der Waals surface area (Å²) in [5.74, 6) is 0.204. The highest BCUT2D eigenvalue weighted by Gasteiger charge is 2.27. The van der Waals surface area contributed by atoms with E-state index >= 15 is 0 Å². The lowest BCUT2D eigenvalue weighted by Crippen LogP contribution is -2.44. The van der Waals surface area contributed by atoms with Crippen molar-refractivity contribution in [1.29, 1.82) is 0 Å². The molecular weight excluding hydrogens is 283 g/mol. The van der Waals surface area contributed by atoms with Gasteiger partial charge in [-0.05, 0) is 61.6 Å². The van der Waals surface area contributed by atoms with E-state index in [9.17, 15) is 9.18 Å². The van der Waals surface area contributed by atoms with Crippen molar-refractivity contribution < 1.29 is 14.3 Å². The van der Waals surface area contributed by atoms with Crippen LogP contribution in [0.4, 0.5) is 9.18 Å². The summed E-state index contributed by atoms with van der Waals surface area (Å²) in [7, 11) is 0. The standard InChI is InChI=1S/C17H23FN2O2/c18-15-3-1-2-14-13(15)8-9-16(14)20-17(22)19-12-6-4-11(10-21)5-7-12/h1-3,11-12,16,21H,4-10H2,(H2,19,20,22). The van der Waals surface area contributed by atoms with Gasteiger partial charge in [-0.3, -0.25) is 0 Å². The summed E-state index contributed by atoms with van der Waals surface area (Å²) in [6, 6.07) is 4.97. The largest absolute Gasteiger partial charge is 0.396 e. The molecule has 2 amide bonds. The maximum atomic E-state index is 13.7. The normalized spacial score (nSPS) is 27.3. The SMILES string of the molecule is O=C(NC1CCC(CO)CC1)NC1CCc2c(F)cccc21.